The molecule has 0 bridgehead atoms. The van der Waals surface area contributed by atoms with Crippen molar-refractivity contribution in [2.45, 2.75) is 19.6 Å². The standard InChI is InChI=1S/C13H19NO2S/c1-10(7-15)8-17-9-12-4-3-5-13(6-12)14-11(2)16/h3-6,10,15H,7-9H2,1-2H3,(H,14,16)/t10-/m0/s1. The summed E-state index contributed by atoms with van der Waals surface area (Å²) < 4.78 is 0. The lowest BCUT2D eigenvalue weighted by Gasteiger charge is -2.08. The average Bonchev–Trinajstić information content (AvgIpc) is 2.28. The highest BCUT2D eigenvalue weighted by Crippen LogP contribution is 2.18. The van der Waals surface area contributed by atoms with Gasteiger partial charge in [0.05, 0.1) is 0 Å². The van der Waals surface area contributed by atoms with E-state index in [9.17, 15) is 4.79 Å². The van der Waals surface area contributed by atoms with Crippen molar-refractivity contribution in [3.8, 4) is 0 Å². The van der Waals surface area contributed by atoms with Gasteiger partial charge in [-0.05, 0) is 29.4 Å². The Kier molecular flexibility index (Phi) is 6.08. The summed E-state index contributed by atoms with van der Waals surface area (Å²) in [7, 11) is 0. The molecule has 0 aromatic heterocycles. The quantitative estimate of drug-likeness (QED) is 0.819. The molecule has 1 rings (SSSR count). The lowest BCUT2D eigenvalue weighted by molar-refractivity contribution is -0.114. The molecule has 94 valence electrons. The number of amides is 1. The lowest BCUT2D eigenvalue weighted by Crippen LogP contribution is -2.06. The molecule has 0 radical (unpaired) electrons. The van der Waals surface area contributed by atoms with Crippen LogP contribution in [0.25, 0.3) is 0 Å². The van der Waals surface area contributed by atoms with Crippen molar-refractivity contribution in [3.05, 3.63) is 29.8 Å². The van der Waals surface area contributed by atoms with Gasteiger partial charge in [0.2, 0.25) is 5.91 Å². The minimum atomic E-state index is -0.0521. The van der Waals surface area contributed by atoms with Gasteiger partial charge in [0.1, 0.15) is 0 Å². The SMILES string of the molecule is CC(=O)Nc1cccc(CSC[C@@H](C)CO)c1. The minimum Gasteiger partial charge on any atom is -0.396 e. The molecule has 0 aliphatic heterocycles. The van der Waals surface area contributed by atoms with Crippen molar-refractivity contribution >= 4 is 23.4 Å². The largest absolute Gasteiger partial charge is 0.396 e. The van der Waals surface area contributed by atoms with Crippen molar-refractivity contribution in [1.29, 1.82) is 0 Å². The number of nitrogens with one attached hydrogen (secondary N) is 1. The Morgan fingerprint density at radius 3 is 2.94 bits per heavy atom. The average molecular weight is 253 g/mol. The molecule has 1 aromatic rings. The molecule has 17 heavy (non-hydrogen) atoms. The zero-order valence-corrected chi connectivity index (χ0v) is 11.1. The Morgan fingerprint density at radius 2 is 2.29 bits per heavy atom. The number of aliphatic hydroxyl groups is 1. The smallest absolute Gasteiger partial charge is 0.221 e. The third-order valence-corrected chi connectivity index (χ3v) is 3.57. The zero-order chi connectivity index (χ0) is 12.7. The van der Waals surface area contributed by atoms with Crippen LogP contribution in [0.5, 0.6) is 0 Å². The summed E-state index contributed by atoms with van der Waals surface area (Å²) in [5.74, 6) is 2.13. The number of carbonyl (C=O) groups is 1. The van der Waals surface area contributed by atoms with E-state index in [1.165, 1.54) is 12.5 Å². The lowest BCUT2D eigenvalue weighted by atomic mass is 10.2. The maximum absolute atomic E-state index is 10.9. The number of rotatable bonds is 6. The van der Waals surface area contributed by atoms with Crippen molar-refractivity contribution in [3.63, 3.8) is 0 Å². The van der Waals surface area contributed by atoms with Crippen LogP contribution in [-0.4, -0.2) is 23.4 Å². The fourth-order valence-corrected chi connectivity index (χ4v) is 2.41. The highest BCUT2D eigenvalue weighted by molar-refractivity contribution is 7.98. The summed E-state index contributed by atoms with van der Waals surface area (Å²) >= 11 is 1.79. The predicted octanol–water partition coefficient (Wildman–Crippen LogP) is 2.51. The Hall–Kier alpha value is -1.00. The summed E-state index contributed by atoms with van der Waals surface area (Å²) in [6, 6.07) is 7.85. The van der Waals surface area contributed by atoms with E-state index >= 15 is 0 Å². The molecule has 1 amide bonds. The molecule has 0 heterocycles. The second-order valence-corrected chi connectivity index (χ2v) is 5.21. The van der Waals surface area contributed by atoms with Crippen LogP contribution in [0.15, 0.2) is 24.3 Å². The van der Waals surface area contributed by atoms with Gasteiger partial charge >= 0.3 is 0 Å². The van der Waals surface area contributed by atoms with Crippen molar-refractivity contribution in [1.82, 2.24) is 0 Å². The first-order valence-electron chi connectivity index (χ1n) is 5.67. The third kappa shape index (κ3) is 5.75. The van der Waals surface area contributed by atoms with E-state index in [4.69, 9.17) is 5.11 Å². The fourth-order valence-electron chi connectivity index (χ4n) is 1.37. The molecule has 1 atom stereocenters. The van der Waals surface area contributed by atoms with Crippen LogP contribution in [0, 0.1) is 5.92 Å². The maximum Gasteiger partial charge on any atom is 0.221 e. The summed E-state index contributed by atoms with van der Waals surface area (Å²) in [6.07, 6.45) is 0. The van der Waals surface area contributed by atoms with Crippen LogP contribution in [0.4, 0.5) is 5.69 Å². The van der Waals surface area contributed by atoms with Gasteiger partial charge in [-0.2, -0.15) is 11.8 Å². The summed E-state index contributed by atoms with van der Waals surface area (Å²) in [5.41, 5.74) is 2.03. The molecule has 0 aliphatic carbocycles. The van der Waals surface area contributed by atoms with Gasteiger partial charge in [-0.1, -0.05) is 19.1 Å². The molecule has 4 heteroatoms. The second-order valence-electron chi connectivity index (χ2n) is 4.18. The van der Waals surface area contributed by atoms with E-state index in [1.54, 1.807) is 11.8 Å². The van der Waals surface area contributed by atoms with Crippen molar-refractivity contribution < 1.29 is 9.90 Å². The van der Waals surface area contributed by atoms with Gasteiger partial charge in [-0.15, -0.1) is 0 Å². The van der Waals surface area contributed by atoms with Gasteiger partial charge in [-0.25, -0.2) is 0 Å². The molecular formula is C13H19NO2S. The van der Waals surface area contributed by atoms with Crippen molar-refractivity contribution in [2.75, 3.05) is 17.7 Å². The molecule has 0 saturated carbocycles. The van der Waals surface area contributed by atoms with E-state index < -0.39 is 0 Å². The third-order valence-electron chi connectivity index (χ3n) is 2.23. The summed E-state index contributed by atoms with van der Waals surface area (Å²) in [6.45, 7) is 3.77. The van der Waals surface area contributed by atoms with Crippen LogP contribution in [0.3, 0.4) is 0 Å². The Labute approximate surface area is 107 Å². The van der Waals surface area contributed by atoms with Crippen LogP contribution < -0.4 is 5.32 Å². The topological polar surface area (TPSA) is 49.3 Å². The van der Waals surface area contributed by atoms with Gasteiger partial charge in [0.15, 0.2) is 0 Å². The van der Waals surface area contributed by atoms with E-state index in [1.807, 2.05) is 31.2 Å². The first-order chi connectivity index (χ1) is 8.11. The number of carbonyl (C=O) groups excluding carboxylic acids is 1. The Bertz CT molecular complexity index is 368. The van der Waals surface area contributed by atoms with E-state index in [-0.39, 0.29) is 12.5 Å². The normalized spacial score (nSPS) is 12.2. The molecule has 3 nitrogen and oxygen atoms in total. The van der Waals surface area contributed by atoms with Gasteiger partial charge in [-0.3, -0.25) is 4.79 Å². The van der Waals surface area contributed by atoms with E-state index in [0.717, 1.165) is 17.2 Å². The summed E-state index contributed by atoms with van der Waals surface area (Å²) in [5, 5.41) is 11.7. The fraction of sp³-hybridized carbons (Fsp3) is 0.462. The molecule has 0 aliphatic rings. The second kappa shape index (κ2) is 7.35. The molecule has 2 N–H and O–H groups in total. The number of thioether (sulfide) groups is 1. The summed E-state index contributed by atoms with van der Waals surface area (Å²) in [4.78, 5) is 10.9. The van der Waals surface area contributed by atoms with Crippen molar-refractivity contribution in [2.24, 2.45) is 5.92 Å². The molecular weight excluding hydrogens is 234 g/mol. The number of hydrogen-bond acceptors (Lipinski definition) is 3. The van der Waals surface area contributed by atoms with Gasteiger partial charge in [0, 0.05) is 25.0 Å². The predicted molar refractivity (Wildman–Crippen MR) is 73.2 cm³/mol. The molecule has 0 unspecified atom stereocenters. The van der Waals surface area contributed by atoms with Crippen LogP contribution >= 0.6 is 11.8 Å². The Balaban J connectivity index is 2.45. The van der Waals surface area contributed by atoms with E-state index in [0.29, 0.717) is 5.92 Å². The molecule has 0 spiro atoms. The monoisotopic (exact) mass is 253 g/mol. The van der Waals surface area contributed by atoms with Crippen LogP contribution in [0.1, 0.15) is 19.4 Å². The molecule has 0 fully saturated rings. The van der Waals surface area contributed by atoms with Gasteiger partial charge in [0.25, 0.3) is 0 Å². The Morgan fingerprint density at radius 1 is 1.53 bits per heavy atom. The number of anilines is 1. The molecule has 1 aromatic carbocycles. The first-order valence-corrected chi connectivity index (χ1v) is 6.82. The maximum atomic E-state index is 10.9. The minimum absolute atomic E-state index is 0.0521. The zero-order valence-electron chi connectivity index (χ0n) is 10.3. The highest BCUT2D eigenvalue weighted by Gasteiger charge is 2.01. The van der Waals surface area contributed by atoms with Crippen LogP contribution in [0.2, 0.25) is 0 Å². The van der Waals surface area contributed by atoms with Gasteiger partial charge < -0.3 is 10.4 Å². The number of benzene rings is 1. The highest BCUT2D eigenvalue weighted by atomic mass is 32.2. The first kappa shape index (κ1) is 14.1. The number of aliphatic hydroxyl groups excluding tert-OH is 1. The number of hydrogen-bond donors (Lipinski definition) is 2. The van der Waals surface area contributed by atoms with E-state index in [2.05, 4.69) is 5.32 Å². The molecule has 0 saturated heterocycles. The van der Waals surface area contributed by atoms with Crippen LogP contribution in [-0.2, 0) is 10.5 Å².